The molecule has 2 aromatic rings. The molecule has 1 saturated heterocycles. The highest BCUT2D eigenvalue weighted by atomic mass is 32.2. The first-order chi connectivity index (χ1) is 11.7. The molecule has 1 aromatic heterocycles. The zero-order valence-electron chi connectivity index (χ0n) is 13.3. The number of pyridine rings is 1. The van der Waals surface area contributed by atoms with Crippen LogP contribution in [0, 0.1) is 11.3 Å². The number of carbonyl (C=O) groups excluding carboxylic acids is 1. The van der Waals surface area contributed by atoms with Gasteiger partial charge in [-0.05, 0) is 24.0 Å². The smallest absolute Gasteiger partial charge is 0.255 e. The molecule has 0 bridgehead atoms. The first-order valence-corrected chi connectivity index (χ1v) is 8.73. The van der Waals surface area contributed by atoms with Crippen LogP contribution in [0.5, 0.6) is 5.88 Å². The lowest BCUT2D eigenvalue weighted by molar-refractivity contribution is 0.0157. The summed E-state index contributed by atoms with van der Waals surface area (Å²) >= 11 is 1.67. The van der Waals surface area contributed by atoms with Crippen molar-refractivity contribution in [3.63, 3.8) is 0 Å². The van der Waals surface area contributed by atoms with Crippen LogP contribution in [-0.4, -0.2) is 40.7 Å². The summed E-state index contributed by atoms with van der Waals surface area (Å²) in [6.45, 7) is 3.17. The van der Waals surface area contributed by atoms with E-state index in [1.165, 1.54) is 6.20 Å². The lowest BCUT2D eigenvalue weighted by atomic mass is 10.1. The monoisotopic (exact) mass is 339 g/mol. The van der Waals surface area contributed by atoms with E-state index < -0.39 is 0 Å². The van der Waals surface area contributed by atoms with Crippen LogP contribution in [0.3, 0.4) is 0 Å². The Labute approximate surface area is 145 Å². The molecule has 122 valence electrons. The number of nitrogens with zero attached hydrogens (tertiary/aromatic N) is 3. The minimum Gasteiger partial charge on any atom is -0.471 e. The topological polar surface area (TPSA) is 66.2 Å². The van der Waals surface area contributed by atoms with E-state index in [4.69, 9.17) is 10.00 Å². The number of hydrogen-bond donors (Lipinski definition) is 0. The van der Waals surface area contributed by atoms with Gasteiger partial charge in [-0.3, -0.25) is 4.79 Å². The predicted molar refractivity (Wildman–Crippen MR) is 92.1 cm³/mol. The summed E-state index contributed by atoms with van der Waals surface area (Å²) in [5.74, 6) is 1.45. The summed E-state index contributed by atoms with van der Waals surface area (Å²) < 4.78 is 5.72. The molecule has 0 N–H and O–H groups in total. The van der Waals surface area contributed by atoms with E-state index in [0.717, 1.165) is 16.2 Å². The number of rotatable bonds is 5. The summed E-state index contributed by atoms with van der Waals surface area (Å²) in [6, 6.07) is 13.1. The Hall–Kier alpha value is -2.52. The molecule has 24 heavy (non-hydrogen) atoms. The maximum Gasteiger partial charge on any atom is 0.255 e. The van der Waals surface area contributed by atoms with Crippen molar-refractivity contribution in [2.24, 2.45) is 0 Å². The maximum absolute atomic E-state index is 12.6. The molecule has 0 radical (unpaired) electrons. The number of thioether (sulfide) groups is 1. The first kappa shape index (κ1) is 16.3. The number of carbonyl (C=O) groups is 1. The Morgan fingerprint density at radius 2 is 2.17 bits per heavy atom. The lowest BCUT2D eigenvalue weighted by Gasteiger charge is -2.38. The first-order valence-electron chi connectivity index (χ1n) is 7.75. The van der Waals surface area contributed by atoms with Crippen molar-refractivity contribution in [2.75, 3.05) is 18.8 Å². The minimum absolute atomic E-state index is 0.0409. The average Bonchev–Trinajstić information content (AvgIpc) is 2.58. The van der Waals surface area contributed by atoms with Crippen LogP contribution in [0.4, 0.5) is 0 Å². The fourth-order valence-electron chi connectivity index (χ4n) is 2.46. The Morgan fingerprint density at radius 1 is 1.38 bits per heavy atom. The Morgan fingerprint density at radius 3 is 2.83 bits per heavy atom. The van der Waals surface area contributed by atoms with Crippen molar-refractivity contribution in [1.82, 2.24) is 9.88 Å². The quantitative estimate of drug-likeness (QED) is 0.784. The van der Waals surface area contributed by atoms with E-state index in [2.05, 4.69) is 11.9 Å². The standard InChI is InChI=1S/C18H17N3O2S/c1-2-24-16-6-4-3-5-15(16)18(22)21-11-14(12-21)23-17-8-7-13(9-19)10-20-17/h3-8,10,14H,2,11-12H2,1H3. The molecule has 5 nitrogen and oxygen atoms in total. The highest BCUT2D eigenvalue weighted by molar-refractivity contribution is 7.99. The van der Waals surface area contributed by atoms with Crippen LogP contribution in [0.2, 0.25) is 0 Å². The van der Waals surface area contributed by atoms with Gasteiger partial charge in [0.15, 0.2) is 0 Å². The average molecular weight is 339 g/mol. The van der Waals surface area contributed by atoms with Gasteiger partial charge in [0.2, 0.25) is 5.88 Å². The number of benzene rings is 1. The van der Waals surface area contributed by atoms with Crippen molar-refractivity contribution in [2.45, 2.75) is 17.9 Å². The van der Waals surface area contributed by atoms with Crippen molar-refractivity contribution in [3.05, 3.63) is 53.7 Å². The molecule has 1 amide bonds. The van der Waals surface area contributed by atoms with Gasteiger partial charge in [0, 0.05) is 17.2 Å². The van der Waals surface area contributed by atoms with Gasteiger partial charge < -0.3 is 9.64 Å². The second-order valence-corrected chi connectivity index (χ2v) is 6.68. The molecular weight excluding hydrogens is 322 g/mol. The van der Waals surface area contributed by atoms with E-state index in [9.17, 15) is 4.79 Å². The predicted octanol–water partition coefficient (Wildman–Crippen LogP) is 2.97. The van der Waals surface area contributed by atoms with Gasteiger partial charge >= 0.3 is 0 Å². The third-order valence-corrected chi connectivity index (χ3v) is 4.66. The van der Waals surface area contributed by atoms with Gasteiger partial charge in [0.05, 0.1) is 24.2 Å². The van der Waals surface area contributed by atoms with Crippen LogP contribution >= 0.6 is 11.8 Å². The van der Waals surface area contributed by atoms with Crippen LogP contribution < -0.4 is 4.74 Å². The van der Waals surface area contributed by atoms with E-state index in [-0.39, 0.29) is 12.0 Å². The van der Waals surface area contributed by atoms with Gasteiger partial charge in [-0.25, -0.2) is 4.98 Å². The number of nitriles is 1. The molecule has 0 saturated carbocycles. The number of likely N-dealkylation sites (tertiary alicyclic amines) is 1. The van der Waals surface area contributed by atoms with Crippen LogP contribution in [0.1, 0.15) is 22.8 Å². The Bertz CT molecular complexity index is 765. The van der Waals surface area contributed by atoms with Crippen molar-refractivity contribution < 1.29 is 9.53 Å². The molecule has 0 spiro atoms. The lowest BCUT2D eigenvalue weighted by Crippen LogP contribution is -2.56. The normalized spacial score (nSPS) is 13.9. The molecule has 0 unspecified atom stereocenters. The molecule has 2 heterocycles. The van der Waals surface area contributed by atoms with E-state index in [1.54, 1.807) is 28.8 Å². The highest BCUT2D eigenvalue weighted by Gasteiger charge is 2.33. The number of amides is 1. The van der Waals surface area contributed by atoms with Gasteiger partial charge in [-0.15, -0.1) is 11.8 Å². The highest BCUT2D eigenvalue weighted by Crippen LogP contribution is 2.26. The second-order valence-electron chi connectivity index (χ2n) is 5.38. The number of aromatic nitrogens is 1. The molecule has 3 rings (SSSR count). The van der Waals surface area contributed by atoms with Gasteiger partial charge in [0.1, 0.15) is 12.2 Å². The summed E-state index contributed by atoms with van der Waals surface area (Å²) in [5, 5.41) is 8.76. The van der Waals surface area contributed by atoms with Gasteiger partial charge in [0.25, 0.3) is 5.91 Å². The molecule has 0 atom stereocenters. The van der Waals surface area contributed by atoms with E-state index >= 15 is 0 Å². The zero-order chi connectivity index (χ0) is 16.9. The van der Waals surface area contributed by atoms with Crippen molar-refractivity contribution in [1.29, 1.82) is 5.26 Å². The number of ether oxygens (including phenoxy) is 1. The minimum atomic E-state index is -0.0552. The fourth-order valence-corrected chi connectivity index (χ4v) is 3.26. The molecule has 6 heteroatoms. The maximum atomic E-state index is 12.6. The SMILES string of the molecule is CCSc1ccccc1C(=O)N1CC(Oc2ccc(C#N)cn2)C1. The van der Waals surface area contributed by atoms with E-state index in [1.807, 2.05) is 30.3 Å². The Balaban J connectivity index is 1.58. The third-order valence-electron chi connectivity index (χ3n) is 3.71. The summed E-state index contributed by atoms with van der Waals surface area (Å²) in [7, 11) is 0. The Kier molecular flexibility index (Phi) is 5.02. The second kappa shape index (κ2) is 7.37. The van der Waals surface area contributed by atoms with E-state index in [0.29, 0.717) is 24.5 Å². The fraction of sp³-hybridized carbons (Fsp3) is 0.278. The van der Waals surface area contributed by atoms with Crippen LogP contribution in [-0.2, 0) is 0 Å². The largest absolute Gasteiger partial charge is 0.471 e. The van der Waals surface area contributed by atoms with Crippen LogP contribution in [0.25, 0.3) is 0 Å². The van der Waals surface area contributed by atoms with Crippen molar-refractivity contribution in [3.8, 4) is 11.9 Å². The molecule has 1 aliphatic rings. The molecule has 1 fully saturated rings. The zero-order valence-corrected chi connectivity index (χ0v) is 14.1. The molecular formula is C18H17N3O2S. The molecule has 1 aromatic carbocycles. The van der Waals surface area contributed by atoms with Crippen molar-refractivity contribution >= 4 is 17.7 Å². The molecule has 0 aliphatic carbocycles. The summed E-state index contributed by atoms with van der Waals surface area (Å²) in [6.07, 6.45) is 1.43. The summed E-state index contributed by atoms with van der Waals surface area (Å²) in [4.78, 5) is 19.5. The summed E-state index contributed by atoms with van der Waals surface area (Å²) in [5.41, 5.74) is 1.25. The van der Waals surface area contributed by atoms with Gasteiger partial charge in [-0.1, -0.05) is 19.1 Å². The third kappa shape index (κ3) is 3.52. The van der Waals surface area contributed by atoms with Gasteiger partial charge in [-0.2, -0.15) is 5.26 Å². The van der Waals surface area contributed by atoms with Crippen LogP contribution in [0.15, 0.2) is 47.5 Å². The number of hydrogen-bond acceptors (Lipinski definition) is 5. The molecule has 1 aliphatic heterocycles.